The van der Waals surface area contributed by atoms with Crippen LogP contribution in [0.2, 0.25) is 5.02 Å². The molecule has 3 N–H and O–H groups in total. The van der Waals surface area contributed by atoms with Crippen molar-refractivity contribution in [3.05, 3.63) is 75.6 Å². The first kappa shape index (κ1) is 18.1. The van der Waals surface area contributed by atoms with Crippen molar-refractivity contribution < 1.29 is 14.8 Å². The number of carbonyl (C=O) groups is 1. The predicted molar refractivity (Wildman–Crippen MR) is 100 cm³/mol. The van der Waals surface area contributed by atoms with Gasteiger partial charge in [0.05, 0.1) is 21.2 Å². The fourth-order valence-electron chi connectivity index (χ4n) is 2.26. The summed E-state index contributed by atoms with van der Waals surface area (Å²) in [5, 5.41) is 26.5. The summed E-state index contributed by atoms with van der Waals surface area (Å²) in [6.07, 6.45) is 1.17. The minimum atomic E-state index is -1.07. The van der Waals surface area contributed by atoms with Crippen molar-refractivity contribution in [3.8, 4) is 0 Å². The monoisotopic (exact) mass is 385 g/mol. The van der Waals surface area contributed by atoms with E-state index in [1.54, 1.807) is 24.3 Å². The molecule has 3 rings (SSSR count). The molecule has 10 heteroatoms. The summed E-state index contributed by atoms with van der Waals surface area (Å²) in [5.74, 6) is -1.15. The van der Waals surface area contributed by atoms with Gasteiger partial charge in [0.2, 0.25) is 11.6 Å². The average molecular weight is 386 g/mol. The quantitative estimate of drug-likeness (QED) is 0.424. The molecule has 0 bridgehead atoms. The Bertz CT molecular complexity index is 1010. The smallest absolute Gasteiger partial charge is 0.353 e. The number of rotatable bonds is 6. The van der Waals surface area contributed by atoms with E-state index in [0.29, 0.717) is 16.4 Å². The SMILES string of the molecule is O=C(O)c1ccc(Nc2ncnc(Nc3ccccc3Cl)c2[N+](=O)[O-])cc1. The van der Waals surface area contributed by atoms with E-state index in [1.807, 2.05) is 0 Å². The van der Waals surface area contributed by atoms with E-state index < -0.39 is 10.9 Å². The number of aromatic nitrogens is 2. The Labute approximate surface area is 157 Å². The number of nitrogens with one attached hydrogen (secondary N) is 2. The average Bonchev–Trinajstić information content (AvgIpc) is 2.64. The molecule has 0 saturated carbocycles. The van der Waals surface area contributed by atoms with Crippen LogP contribution in [0.15, 0.2) is 54.9 Å². The van der Waals surface area contributed by atoms with Crippen molar-refractivity contribution in [2.24, 2.45) is 0 Å². The molecule has 0 spiro atoms. The maximum atomic E-state index is 11.6. The highest BCUT2D eigenvalue weighted by atomic mass is 35.5. The second-order valence-corrected chi connectivity index (χ2v) is 5.70. The van der Waals surface area contributed by atoms with Crippen molar-refractivity contribution >= 4 is 46.3 Å². The number of nitrogens with zero attached hydrogens (tertiary/aromatic N) is 3. The van der Waals surface area contributed by atoms with Gasteiger partial charge in [-0.25, -0.2) is 14.8 Å². The summed E-state index contributed by atoms with van der Waals surface area (Å²) in [5.41, 5.74) is 0.613. The summed E-state index contributed by atoms with van der Waals surface area (Å²) in [6, 6.07) is 12.5. The van der Waals surface area contributed by atoms with E-state index in [0.717, 1.165) is 0 Å². The molecule has 1 aromatic heterocycles. The standard InChI is InChI=1S/C17H12ClN5O4/c18-12-3-1-2-4-13(12)22-16-14(23(26)27)15(19-9-20-16)21-11-7-5-10(6-8-11)17(24)25/h1-9H,(H,24,25)(H2,19,20,21,22). The lowest BCUT2D eigenvalue weighted by Gasteiger charge is -2.11. The predicted octanol–water partition coefficient (Wildman–Crippen LogP) is 4.22. The van der Waals surface area contributed by atoms with E-state index in [4.69, 9.17) is 16.7 Å². The molecule has 0 fully saturated rings. The summed E-state index contributed by atoms with van der Waals surface area (Å²) < 4.78 is 0. The van der Waals surface area contributed by atoms with Gasteiger partial charge in [0.15, 0.2) is 0 Å². The van der Waals surface area contributed by atoms with Crippen LogP contribution in [0.5, 0.6) is 0 Å². The van der Waals surface area contributed by atoms with Crippen molar-refractivity contribution in [2.75, 3.05) is 10.6 Å². The molecular formula is C17H12ClN5O4. The summed E-state index contributed by atoms with van der Waals surface area (Å²) in [6.45, 7) is 0. The van der Waals surface area contributed by atoms with Gasteiger partial charge >= 0.3 is 11.7 Å². The van der Waals surface area contributed by atoms with Gasteiger partial charge in [0.25, 0.3) is 0 Å². The third kappa shape index (κ3) is 4.10. The van der Waals surface area contributed by atoms with Gasteiger partial charge in [-0.1, -0.05) is 23.7 Å². The Kier molecular flexibility index (Phi) is 5.13. The normalized spacial score (nSPS) is 10.3. The van der Waals surface area contributed by atoms with E-state index in [-0.39, 0.29) is 22.9 Å². The summed E-state index contributed by atoms with van der Waals surface area (Å²) in [4.78, 5) is 29.7. The van der Waals surface area contributed by atoms with Crippen molar-refractivity contribution in [1.82, 2.24) is 9.97 Å². The van der Waals surface area contributed by atoms with Gasteiger partial charge in [0.1, 0.15) is 6.33 Å². The van der Waals surface area contributed by atoms with E-state index in [1.165, 1.54) is 30.6 Å². The van der Waals surface area contributed by atoms with E-state index >= 15 is 0 Å². The lowest BCUT2D eigenvalue weighted by atomic mass is 10.2. The van der Waals surface area contributed by atoms with Gasteiger partial charge in [-0.15, -0.1) is 0 Å². The molecule has 3 aromatic rings. The van der Waals surface area contributed by atoms with Crippen LogP contribution in [0.25, 0.3) is 0 Å². The van der Waals surface area contributed by atoms with Crippen molar-refractivity contribution in [2.45, 2.75) is 0 Å². The van der Waals surface area contributed by atoms with Crippen LogP contribution in [-0.2, 0) is 0 Å². The molecule has 9 nitrogen and oxygen atoms in total. The number of aromatic carboxylic acids is 1. The molecule has 1 heterocycles. The van der Waals surface area contributed by atoms with Gasteiger partial charge in [-0.3, -0.25) is 10.1 Å². The second-order valence-electron chi connectivity index (χ2n) is 5.29. The highest BCUT2D eigenvalue weighted by molar-refractivity contribution is 6.33. The molecule has 0 aliphatic rings. The second kappa shape index (κ2) is 7.67. The van der Waals surface area contributed by atoms with Crippen LogP contribution in [0.1, 0.15) is 10.4 Å². The van der Waals surface area contributed by atoms with Crippen molar-refractivity contribution in [1.29, 1.82) is 0 Å². The Morgan fingerprint density at radius 2 is 1.67 bits per heavy atom. The van der Waals surface area contributed by atoms with Gasteiger partial charge in [-0.2, -0.15) is 0 Å². The first-order valence-electron chi connectivity index (χ1n) is 7.57. The number of halogens is 1. The number of para-hydroxylation sites is 1. The number of hydrogen-bond acceptors (Lipinski definition) is 7. The molecule has 27 heavy (non-hydrogen) atoms. The number of carboxylic acids is 1. The molecule has 0 aliphatic carbocycles. The Balaban J connectivity index is 1.95. The largest absolute Gasteiger partial charge is 0.478 e. The van der Waals surface area contributed by atoms with Gasteiger partial charge in [0, 0.05) is 5.69 Å². The third-order valence-electron chi connectivity index (χ3n) is 3.53. The Morgan fingerprint density at radius 1 is 1.04 bits per heavy atom. The minimum absolute atomic E-state index is 0.0345. The van der Waals surface area contributed by atoms with E-state index in [9.17, 15) is 14.9 Å². The highest BCUT2D eigenvalue weighted by Crippen LogP contribution is 2.34. The number of anilines is 4. The first-order valence-corrected chi connectivity index (χ1v) is 7.95. The van der Waals surface area contributed by atoms with Crippen molar-refractivity contribution in [3.63, 3.8) is 0 Å². The first-order chi connectivity index (χ1) is 13.0. The molecule has 0 saturated heterocycles. The van der Waals surface area contributed by atoms with Crippen LogP contribution in [0.3, 0.4) is 0 Å². The topological polar surface area (TPSA) is 130 Å². The minimum Gasteiger partial charge on any atom is -0.478 e. The van der Waals surface area contributed by atoms with E-state index in [2.05, 4.69) is 20.6 Å². The fraction of sp³-hybridized carbons (Fsp3) is 0. The number of benzene rings is 2. The molecule has 0 radical (unpaired) electrons. The fourth-order valence-corrected chi connectivity index (χ4v) is 2.44. The zero-order valence-corrected chi connectivity index (χ0v) is 14.3. The lowest BCUT2D eigenvalue weighted by Crippen LogP contribution is -2.06. The van der Waals surface area contributed by atoms with Crippen LogP contribution in [-0.4, -0.2) is 26.0 Å². The third-order valence-corrected chi connectivity index (χ3v) is 3.86. The van der Waals surface area contributed by atoms with Gasteiger partial charge < -0.3 is 15.7 Å². The van der Waals surface area contributed by atoms with Gasteiger partial charge in [-0.05, 0) is 36.4 Å². The molecule has 0 atom stereocenters. The Hall–Kier alpha value is -3.72. The zero-order valence-electron chi connectivity index (χ0n) is 13.6. The zero-order chi connectivity index (χ0) is 19.4. The highest BCUT2D eigenvalue weighted by Gasteiger charge is 2.23. The van der Waals surface area contributed by atoms with Crippen LogP contribution >= 0.6 is 11.6 Å². The lowest BCUT2D eigenvalue weighted by molar-refractivity contribution is -0.383. The molecule has 0 unspecified atom stereocenters. The van der Waals surface area contributed by atoms with Crippen LogP contribution < -0.4 is 10.6 Å². The number of carboxylic acid groups (broad SMARTS) is 1. The van der Waals surface area contributed by atoms with Crippen LogP contribution in [0, 0.1) is 10.1 Å². The molecular weight excluding hydrogens is 374 g/mol. The molecule has 0 aliphatic heterocycles. The number of nitro groups is 1. The number of hydrogen-bond donors (Lipinski definition) is 3. The maximum absolute atomic E-state index is 11.6. The molecule has 136 valence electrons. The molecule has 0 amide bonds. The molecule has 2 aromatic carbocycles. The summed E-state index contributed by atoms with van der Waals surface area (Å²) in [7, 11) is 0. The van der Waals surface area contributed by atoms with Crippen LogP contribution in [0.4, 0.5) is 28.7 Å². The summed E-state index contributed by atoms with van der Waals surface area (Å²) >= 11 is 6.08. The Morgan fingerprint density at radius 3 is 2.26 bits per heavy atom. The maximum Gasteiger partial charge on any atom is 0.353 e.